The first-order valence-corrected chi connectivity index (χ1v) is 5.96. The summed E-state index contributed by atoms with van der Waals surface area (Å²) in [6, 6.07) is 0.0166. The summed E-state index contributed by atoms with van der Waals surface area (Å²) in [6.45, 7) is 6.07. The van der Waals surface area contributed by atoms with E-state index in [0.717, 1.165) is 28.6 Å². The molecule has 0 radical (unpaired) electrons. The third-order valence-corrected chi connectivity index (χ3v) is 2.86. The molecule has 14 heavy (non-hydrogen) atoms. The standard InChI is InChI=1S/C10H17N3S/c1-4-14-6-10-12-5-9(7(2)11)8(3)13-10/h5,7H,4,6,11H2,1-3H3. The van der Waals surface area contributed by atoms with Crippen molar-refractivity contribution in [3.05, 3.63) is 23.3 Å². The van der Waals surface area contributed by atoms with Crippen LogP contribution in [0.3, 0.4) is 0 Å². The fourth-order valence-corrected chi connectivity index (χ4v) is 1.76. The van der Waals surface area contributed by atoms with E-state index in [-0.39, 0.29) is 6.04 Å². The third kappa shape index (κ3) is 2.96. The van der Waals surface area contributed by atoms with Crippen molar-refractivity contribution in [2.75, 3.05) is 5.75 Å². The van der Waals surface area contributed by atoms with Gasteiger partial charge in [-0.1, -0.05) is 6.92 Å². The summed E-state index contributed by atoms with van der Waals surface area (Å²) in [4.78, 5) is 8.71. The second kappa shape index (κ2) is 5.32. The zero-order valence-electron chi connectivity index (χ0n) is 8.95. The Kier molecular flexibility index (Phi) is 4.35. The van der Waals surface area contributed by atoms with Crippen molar-refractivity contribution in [3.8, 4) is 0 Å². The number of nitrogens with two attached hydrogens (primary N) is 1. The first-order chi connectivity index (χ1) is 6.65. The van der Waals surface area contributed by atoms with Crippen LogP contribution in [0, 0.1) is 6.92 Å². The largest absolute Gasteiger partial charge is 0.324 e. The minimum absolute atomic E-state index is 0.0166. The van der Waals surface area contributed by atoms with E-state index in [1.165, 1.54) is 0 Å². The zero-order chi connectivity index (χ0) is 10.6. The Bertz CT molecular complexity index is 299. The van der Waals surface area contributed by atoms with Crippen LogP contribution in [-0.2, 0) is 5.75 Å². The van der Waals surface area contributed by atoms with Gasteiger partial charge in [-0.2, -0.15) is 11.8 Å². The lowest BCUT2D eigenvalue weighted by Gasteiger charge is -2.09. The average molecular weight is 211 g/mol. The minimum Gasteiger partial charge on any atom is -0.324 e. The van der Waals surface area contributed by atoms with Gasteiger partial charge in [0.2, 0.25) is 0 Å². The maximum Gasteiger partial charge on any atom is 0.138 e. The molecule has 0 bridgehead atoms. The molecule has 3 nitrogen and oxygen atoms in total. The monoisotopic (exact) mass is 211 g/mol. The number of thioether (sulfide) groups is 1. The van der Waals surface area contributed by atoms with Crippen molar-refractivity contribution in [3.63, 3.8) is 0 Å². The molecule has 4 heteroatoms. The Morgan fingerprint density at radius 3 is 2.79 bits per heavy atom. The number of rotatable bonds is 4. The van der Waals surface area contributed by atoms with E-state index in [9.17, 15) is 0 Å². The van der Waals surface area contributed by atoms with Crippen LogP contribution in [-0.4, -0.2) is 15.7 Å². The van der Waals surface area contributed by atoms with E-state index >= 15 is 0 Å². The highest BCUT2D eigenvalue weighted by atomic mass is 32.2. The highest BCUT2D eigenvalue weighted by Crippen LogP contribution is 2.14. The van der Waals surface area contributed by atoms with Crippen LogP contribution in [0.1, 0.15) is 37.0 Å². The number of hydrogen-bond donors (Lipinski definition) is 1. The van der Waals surface area contributed by atoms with Crippen LogP contribution in [0.15, 0.2) is 6.20 Å². The summed E-state index contributed by atoms with van der Waals surface area (Å²) in [6.07, 6.45) is 1.85. The lowest BCUT2D eigenvalue weighted by Crippen LogP contribution is -2.10. The molecule has 0 aliphatic heterocycles. The van der Waals surface area contributed by atoms with Crippen molar-refractivity contribution in [1.29, 1.82) is 0 Å². The molecule has 2 N–H and O–H groups in total. The van der Waals surface area contributed by atoms with Crippen LogP contribution >= 0.6 is 11.8 Å². The molecule has 1 aromatic heterocycles. The molecule has 0 spiro atoms. The van der Waals surface area contributed by atoms with Crippen LogP contribution < -0.4 is 5.73 Å². The normalized spacial score (nSPS) is 12.9. The summed E-state index contributed by atoms with van der Waals surface area (Å²) in [5.41, 5.74) is 7.82. The molecular formula is C10H17N3S. The first-order valence-electron chi connectivity index (χ1n) is 4.81. The Hall–Kier alpha value is -0.610. The number of hydrogen-bond acceptors (Lipinski definition) is 4. The summed E-state index contributed by atoms with van der Waals surface area (Å²) in [5.74, 6) is 2.88. The van der Waals surface area contributed by atoms with E-state index in [1.807, 2.05) is 31.8 Å². The molecule has 0 aliphatic rings. The Morgan fingerprint density at radius 2 is 2.29 bits per heavy atom. The molecule has 0 saturated carbocycles. The van der Waals surface area contributed by atoms with Gasteiger partial charge in [0.1, 0.15) is 5.82 Å². The van der Waals surface area contributed by atoms with Gasteiger partial charge in [0, 0.05) is 23.5 Å². The van der Waals surface area contributed by atoms with Gasteiger partial charge in [-0.15, -0.1) is 0 Å². The molecule has 0 saturated heterocycles. The van der Waals surface area contributed by atoms with E-state index in [2.05, 4.69) is 16.9 Å². The average Bonchev–Trinajstić information content (AvgIpc) is 2.14. The highest BCUT2D eigenvalue weighted by molar-refractivity contribution is 7.98. The van der Waals surface area contributed by atoms with Gasteiger partial charge < -0.3 is 5.73 Å². The van der Waals surface area contributed by atoms with Gasteiger partial charge in [-0.05, 0) is 19.6 Å². The molecule has 1 rings (SSSR count). The van der Waals surface area contributed by atoms with Gasteiger partial charge in [0.05, 0.1) is 5.75 Å². The minimum atomic E-state index is 0.0166. The maximum absolute atomic E-state index is 5.78. The molecule has 78 valence electrons. The summed E-state index contributed by atoms with van der Waals surface area (Å²) in [5, 5.41) is 0. The number of aromatic nitrogens is 2. The maximum atomic E-state index is 5.78. The topological polar surface area (TPSA) is 51.8 Å². The quantitative estimate of drug-likeness (QED) is 0.828. The summed E-state index contributed by atoms with van der Waals surface area (Å²) in [7, 11) is 0. The smallest absolute Gasteiger partial charge is 0.138 e. The SMILES string of the molecule is CCSCc1ncc(C(C)N)c(C)n1. The van der Waals surface area contributed by atoms with Crippen LogP contribution in [0.4, 0.5) is 0 Å². The Morgan fingerprint density at radius 1 is 1.57 bits per heavy atom. The molecule has 0 fully saturated rings. The highest BCUT2D eigenvalue weighted by Gasteiger charge is 2.06. The van der Waals surface area contributed by atoms with E-state index in [0.29, 0.717) is 0 Å². The molecule has 1 atom stereocenters. The Labute approximate surface area is 89.5 Å². The zero-order valence-corrected chi connectivity index (χ0v) is 9.77. The van der Waals surface area contributed by atoms with Crippen molar-refractivity contribution in [2.45, 2.75) is 32.6 Å². The van der Waals surface area contributed by atoms with Crippen molar-refractivity contribution < 1.29 is 0 Å². The fourth-order valence-electron chi connectivity index (χ4n) is 1.23. The molecule has 0 aromatic carbocycles. The predicted molar refractivity (Wildman–Crippen MR) is 61.2 cm³/mol. The fraction of sp³-hybridized carbons (Fsp3) is 0.600. The first kappa shape index (κ1) is 11.5. The van der Waals surface area contributed by atoms with Gasteiger partial charge >= 0.3 is 0 Å². The number of aryl methyl sites for hydroxylation is 1. The van der Waals surface area contributed by atoms with Gasteiger partial charge in [0.25, 0.3) is 0 Å². The van der Waals surface area contributed by atoms with Crippen molar-refractivity contribution in [2.24, 2.45) is 5.73 Å². The van der Waals surface area contributed by atoms with Gasteiger partial charge in [-0.3, -0.25) is 0 Å². The van der Waals surface area contributed by atoms with E-state index < -0.39 is 0 Å². The molecule has 1 unspecified atom stereocenters. The van der Waals surface area contributed by atoms with E-state index in [1.54, 1.807) is 0 Å². The molecule has 0 amide bonds. The lowest BCUT2D eigenvalue weighted by atomic mass is 10.1. The second-order valence-corrected chi connectivity index (χ2v) is 4.53. The second-order valence-electron chi connectivity index (χ2n) is 3.25. The molecule has 1 aromatic rings. The van der Waals surface area contributed by atoms with Crippen molar-refractivity contribution >= 4 is 11.8 Å². The Balaban J connectivity index is 2.78. The lowest BCUT2D eigenvalue weighted by molar-refractivity contribution is 0.781. The third-order valence-electron chi connectivity index (χ3n) is 1.99. The van der Waals surface area contributed by atoms with E-state index in [4.69, 9.17) is 5.73 Å². The van der Waals surface area contributed by atoms with Crippen LogP contribution in [0.2, 0.25) is 0 Å². The number of nitrogens with zero attached hydrogens (tertiary/aromatic N) is 2. The molecular weight excluding hydrogens is 194 g/mol. The van der Waals surface area contributed by atoms with Gasteiger partial charge in [-0.25, -0.2) is 9.97 Å². The van der Waals surface area contributed by atoms with Crippen molar-refractivity contribution in [1.82, 2.24) is 9.97 Å². The molecule has 0 aliphatic carbocycles. The summed E-state index contributed by atoms with van der Waals surface area (Å²) < 4.78 is 0. The predicted octanol–water partition coefficient (Wildman–Crippen LogP) is 2.06. The summed E-state index contributed by atoms with van der Waals surface area (Å²) >= 11 is 1.83. The van der Waals surface area contributed by atoms with Crippen LogP contribution in [0.5, 0.6) is 0 Å². The molecule has 1 heterocycles. The van der Waals surface area contributed by atoms with Crippen LogP contribution in [0.25, 0.3) is 0 Å². The van der Waals surface area contributed by atoms with Gasteiger partial charge in [0.15, 0.2) is 0 Å².